The van der Waals surface area contributed by atoms with Crippen LogP contribution in [0.3, 0.4) is 0 Å². The van der Waals surface area contributed by atoms with Crippen LogP contribution in [0, 0.1) is 11.3 Å². The lowest BCUT2D eigenvalue weighted by molar-refractivity contribution is -0.151. The molecule has 1 fully saturated rings. The highest BCUT2D eigenvalue weighted by Gasteiger charge is 2.48. The van der Waals surface area contributed by atoms with E-state index < -0.39 is 17.4 Å². The predicted molar refractivity (Wildman–Crippen MR) is 85.1 cm³/mol. The first kappa shape index (κ1) is 17.8. The van der Waals surface area contributed by atoms with Crippen LogP contribution in [0.5, 0.6) is 0 Å². The molecule has 132 valence electrons. The van der Waals surface area contributed by atoms with Crippen molar-refractivity contribution in [2.24, 2.45) is 11.3 Å². The van der Waals surface area contributed by atoms with Crippen LogP contribution in [-0.2, 0) is 16.1 Å². The molecule has 1 unspecified atom stereocenters. The molecule has 0 saturated carbocycles. The van der Waals surface area contributed by atoms with Crippen LogP contribution < -0.4 is 10.6 Å². The smallest absolute Gasteiger partial charge is 0.315 e. The van der Waals surface area contributed by atoms with Gasteiger partial charge in [-0.15, -0.1) is 0 Å². The van der Waals surface area contributed by atoms with E-state index in [1.807, 2.05) is 13.8 Å². The fraction of sp³-hybridized carbons (Fsp3) is 0.562. The van der Waals surface area contributed by atoms with E-state index in [1.165, 1.54) is 11.2 Å². The van der Waals surface area contributed by atoms with E-state index in [0.717, 1.165) is 0 Å². The second kappa shape index (κ2) is 7.37. The molecule has 1 aromatic heterocycles. The Morgan fingerprint density at radius 2 is 2.12 bits per heavy atom. The minimum absolute atomic E-state index is 0.0719. The summed E-state index contributed by atoms with van der Waals surface area (Å²) in [6.07, 6.45) is 1.94. The molecule has 1 saturated heterocycles. The normalized spacial score (nSPS) is 20.2. The number of carboxylic acids is 1. The molecule has 1 aliphatic heterocycles. The van der Waals surface area contributed by atoms with Crippen molar-refractivity contribution in [1.82, 2.24) is 15.5 Å². The van der Waals surface area contributed by atoms with Gasteiger partial charge >= 0.3 is 12.0 Å². The number of amides is 3. The molecule has 0 aromatic carbocycles. The third-order valence-electron chi connectivity index (χ3n) is 4.59. The van der Waals surface area contributed by atoms with Gasteiger partial charge in [0.25, 0.3) is 0 Å². The number of nitrogens with one attached hydrogen (secondary N) is 2. The molecule has 24 heavy (non-hydrogen) atoms. The Hall–Kier alpha value is -2.51. The third-order valence-corrected chi connectivity index (χ3v) is 4.59. The second-order valence-corrected chi connectivity index (χ2v) is 6.30. The van der Waals surface area contributed by atoms with Gasteiger partial charge in [-0.3, -0.25) is 9.59 Å². The molecule has 8 nitrogen and oxygen atoms in total. The van der Waals surface area contributed by atoms with E-state index >= 15 is 0 Å². The van der Waals surface area contributed by atoms with Gasteiger partial charge in [-0.1, -0.05) is 13.8 Å². The van der Waals surface area contributed by atoms with Crippen LogP contribution in [0.25, 0.3) is 0 Å². The zero-order chi connectivity index (χ0) is 17.7. The van der Waals surface area contributed by atoms with E-state index in [1.54, 1.807) is 12.1 Å². The highest BCUT2D eigenvalue weighted by atomic mass is 16.4. The van der Waals surface area contributed by atoms with E-state index in [9.17, 15) is 19.5 Å². The molecular weight excluding hydrogens is 314 g/mol. The van der Waals surface area contributed by atoms with Crippen molar-refractivity contribution in [2.45, 2.75) is 26.8 Å². The number of hydrogen-bond donors (Lipinski definition) is 3. The summed E-state index contributed by atoms with van der Waals surface area (Å²) < 4.78 is 5.09. The van der Waals surface area contributed by atoms with E-state index in [4.69, 9.17) is 4.42 Å². The first-order chi connectivity index (χ1) is 11.3. The zero-order valence-corrected chi connectivity index (χ0v) is 13.9. The molecule has 1 aliphatic rings. The first-order valence-electron chi connectivity index (χ1n) is 7.90. The SMILES string of the molecule is CC(C)C1(C(=O)O)CCN(C(=O)CNC(=O)NCc2ccco2)C1. The van der Waals surface area contributed by atoms with Gasteiger partial charge in [0.05, 0.1) is 24.8 Å². The second-order valence-electron chi connectivity index (χ2n) is 6.30. The van der Waals surface area contributed by atoms with Crippen molar-refractivity contribution in [3.8, 4) is 0 Å². The molecule has 2 rings (SSSR count). The lowest BCUT2D eigenvalue weighted by Gasteiger charge is -2.28. The lowest BCUT2D eigenvalue weighted by atomic mass is 9.76. The minimum Gasteiger partial charge on any atom is -0.481 e. The summed E-state index contributed by atoms with van der Waals surface area (Å²) in [5.74, 6) is -0.625. The van der Waals surface area contributed by atoms with Crippen molar-refractivity contribution >= 4 is 17.9 Å². The van der Waals surface area contributed by atoms with Crippen molar-refractivity contribution in [3.05, 3.63) is 24.2 Å². The first-order valence-corrected chi connectivity index (χ1v) is 7.90. The van der Waals surface area contributed by atoms with Crippen LogP contribution >= 0.6 is 0 Å². The Morgan fingerprint density at radius 3 is 2.67 bits per heavy atom. The van der Waals surface area contributed by atoms with Gasteiger partial charge in [-0.25, -0.2) is 4.79 Å². The zero-order valence-electron chi connectivity index (χ0n) is 13.9. The number of carboxylic acid groups (broad SMARTS) is 1. The Balaban J connectivity index is 1.78. The molecule has 3 N–H and O–H groups in total. The molecule has 1 atom stereocenters. The van der Waals surface area contributed by atoms with Crippen molar-refractivity contribution in [3.63, 3.8) is 0 Å². The summed E-state index contributed by atoms with van der Waals surface area (Å²) in [6.45, 7) is 4.32. The van der Waals surface area contributed by atoms with Gasteiger partial charge in [0.15, 0.2) is 0 Å². The third kappa shape index (κ3) is 3.87. The van der Waals surface area contributed by atoms with Crippen LogP contribution in [0.15, 0.2) is 22.8 Å². The number of rotatable bonds is 6. The molecule has 0 aliphatic carbocycles. The van der Waals surface area contributed by atoms with Gasteiger partial charge in [-0.2, -0.15) is 0 Å². The maximum Gasteiger partial charge on any atom is 0.315 e. The number of aliphatic carboxylic acids is 1. The lowest BCUT2D eigenvalue weighted by Crippen LogP contribution is -2.45. The molecule has 3 amide bonds. The molecule has 2 heterocycles. The average Bonchev–Trinajstić information content (AvgIpc) is 3.20. The highest BCUT2D eigenvalue weighted by Crippen LogP contribution is 2.38. The number of nitrogens with zero attached hydrogens (tertiary/aromatic N) is 1. The molecule has 0 spiro atoms. The quantitative estimate of drug-likeness (QED) is 0.718. The predicted octanol–water partition coefficient (Wildman–Crippen LogP) is 1.04. The molecule has 0 bridgehead atoms. The van der Waals surface area contributed by atoms with Gasteiger partial charge in [0.2, 0.25) is 5.91 Å². The number of urea groups is 1. The van der Waals surface area contributed by atoms with Crippen LogP contribution in [0.4, 0.5) is 4.79 Å². The summed E-state index contributed by atoms with van der Waals surface area (Å²) in [4.78, 5) is 36.9. The van der Waals surface area contributed by atoms with Crippen LogP contribution in [0.1, 0.15) is 26.0 Å². The van der Waals surface area contributed by atoms with Crippen molar-refractivity contribution in [1.29, 1.82) is 0 Å². The molecule has 8 heteroatoms. The van der Waals surface area contributed by atoms with Crippen molar-refractivity contribution in [2.75, 3.05) is 19.6 Å². The number of furan rings is 1. The summed E-state index contributed by atoms with van der Waals surface area (Å²) in [6, 6.07) is 2.97. The Bertz CT molecular complexity index is 599. The van der Waals surface area contributed by atoms with E-state index in [-0.39, 0.29) is 31.5 Å². The average molecular weight is 337 g/mol. The minimum atomic E-state index is -0.906. The number of carbonyl (C=O) groups excluding carboxylic acids is 2. The molecule has 0 radical (unpaired) electrons. The van der Waals surface area contributed by atoms with Gasteiger partial charge < -0.3 is 25.1 Å². The maximum absolute atomic E-state index is 12.2. The monoisotopic (exact) mass is 337 g/mol. The maximum atomic E-state index is 12.2. The van der Waals surface area contributed by atoms with Crippen molar-refractivity contribution < 1.29 is 23.9 Å². The number of hydrogen-bond acceptors (Lipinski definition) is 4. The Morgan fingerprint density at radius 1 is 1.38 bits per heavy atom. The van der Waals surface area contributed by atoms with Crippen LogP contribution in [-0.4, -0.2) is 47.5 Å². The van der Waals surface area contributed by atoms with Gasteiger partial charge in [0.1, 0.15) is 5.76 Å². The fourth-order valence-electron chi connectivity index (χ4n) is 2.85. The van der Waals surface area contributed by atoms with Gasteiger partial charge in [0, 0.05) is 13.1 Å². The van der Waals surface area contributed by atoms with Crippen LogP contribution in [0.2, 0.25) is 0 Å². The summed E-state index contributed by atoms with van der Waals surface area (Å²) in [7, 11) is 0. The highest BCUT2D eigenvalue weighted by molar-refractivity contribution is 5.85. The molecular formula is C16H23N3O5. The van der Waals surface area contributed by atoms with Gasteiger partial charge in [-0.05, 0) is 24.5 Å². The standard InChI is InChI=1S/C16H23N3O5/c1-11(2)16(14(21)22)5-6-19(10-16)13(20)9-18-15(23)17-8-12-4-3-7-24-12/h3-4,7,11H,5-6,8-10H2,1-2H3,(H,21,22)(H2,17,18,23). The summed E-state index contributed by atoms with van der Waals surface area (Å²) >= 11 is 0. The number of carbonyl (C=O) groups is 3. The topological polar surface area (TPSA) is 112 Å². The number of likely N-dealkylation sites (tertiary alicyclic amines) is 1. The largest absolute Gasteiger partial charge is 0.481 e. The summed E-state index contributed by atoms with van der Waals surface area (Å²) in [5, 5.41) is 14.5. The molecule has 1 aromatic rings. The Labute approximate surface area is 140 Å². The van der Waals surface area contributed by atoms with E-state index in [2.05, 4.69) is 10.6 Å². The summed E-state index contributed by atoms with van der Waals surface area (Å²) in [5.41, 5.74) is -0.906. The van der Waals surface area contributed by atoms with E-state index in [0.29, 0.717) is 18.7 Å². The Kier molecular flexibility index (Phi) is 5.48. The fourth-order valence-corrected chi connectivity index (χ4v) is 2.85.